The summed E-state index contributed by atoms with van der Waals surface area (Å²) in [6.45, 7) is 0. The monoisotopic (exact) mass is 286 g/mol. The number of benzene rings is 1. The molecule has 0 atom stereocenters. The van der Waals surface area contributed by atoms with Gasteiger partial charge in [-0.2, -0.15) is 0 Å². The lowest BCUT2D eigenvalue weighted by molar-refractivity contribution is -0.126. The highest BCUT2D eigenvalue weighted by Gasteiger charge is 2.42. The van der Waals surface area contributed by atoms with E-state index >= 15 is 0 Å². The first kappa shape index (κ1) is 14.6. The fourth-order valence-corrected chi connectivity index (χ4v) is 4.09. The van der Waals surface area contributed by atoms with Gasteiger partial charge in [0.05, 0.1) is 5.54 Å². The average molecular weight is 286 g/mol. The van der Waals surface area contributed by atoms with E-state index in [9.17, 15) is 4.79 Å². The van der Waals surface area contributed by atoms with Crippen molar-refractivity contribution in [3.63, 3.8) is 0 Å². The summed E-state index contributed by atoms with van der Waals surface area (Å²) in [6.07, 6.45) is 8.78. The van der Waals surface area contributed by atoms with Crippen molar-refractivity contribution >= 4 is 5.91 Å². The Morgan fingerprint density at radius 1 is 1.05 bits per heavy atom. The Balaban J connectivity index is 1.66. The van der Waals surface area contributed by atoms with Gasteiger partial charge in [-0.05, 0) is 50.0 Å². The summed E-state index contributed by atoms with van der Waals surface area (Å²) in [4.78, 5) is 12.1. The van der Waals surface area contributed by atoms with Crippen molar-refractivity contribution in [1.29, 1.82) is 0 Å². The fraction of sp³-hybridized carbons (Fsp3) is 0.611. The molecule has 2 saturated carbocycles. The molecule has 1 aromatic carbocycles. The number of primary amides is 1. The fourth-order valence-electron chi connectivity index (χ4n) is 4.09. The first-order valence-corrected chi connectivity index (χ1v) is 8.32. The van der Waals surface area contributed by atoms with E-state index < -0.39 is 5.54 Å². The van der Waals surface area contributed by atoms with E-state index in [0.717, 1.165) is 25.7 Å². The van der Waals surface area contributed by atoms with Gasteiger partial charge in [-0.25, -0.2) is 0 Å². The van der Waals surface area contributed by atoms with Gasteiger partial charge in [0.1, 0.15) is 0 Å². The molecule has 1 amide bonds. The second-order valence-corrected chi connectivity index (χ2v) is 6.76. The maximum atomic E-state index is 12.1. The summed E-state index contributed by atoms with van der Waals surface area (Å²) in [5.74, 6) is 0.421. The molecule has 2 fully saturated rings. The molecule has 3 heteroatoms. The third kappa shape index (κ3) is 3.13. The summed E-state index contributed by atoms with van der Waals surface area (Å²) >= 11 is 0. The molecule has 0 aliphatic heterocycles. The van der Waals surface area contributed by atoms with E-state index in [1.54, 1.807) is 0 Å². The van der Waals surface area contributed by atoms with E-state index in [1.807, 2.05) is 0 Å². The van der Waals surface area contributed by atoms with Crippen LogP contribution in [0.2, 0.25) is 0 Å². The van der Waals surface area contributed by atoms with Gasteiger partial charge in [0.2, 0.25) is 5.91 Å². The summed E-state index contributed by atoms with van der Waals surface area (Å²) in [6, 6.07) is 11.1. The van der Waals surface area contributed by atoms with Gasteiger partial charge >= 0.3 is 0 Å². The highest BCUT2D eigenvalue weighted by Crippen LogP contribution is 2.39. The minimum absolute atomic E-state index is 0.152. The number of nitrogens with one attached hydrogen (secondary N) is 1. The van der Waals surface area contributed by atoms with Crippen molar-refractivity contribution in [1.82, 2.24) is 5.32 Å². The quantitative estimate of drug-likeness (QED) is 0.893. The molecule has 0 spiro atoms. The molecule has 0 saturated heterocycles. The van der Waals surface area contributed by atoms with Gasteiger partial charge in [-0.3, -0.25) is 4.79 Å². The van der Waals surface area contributed by atoms with Crippen molar-refractivity contribution in [2.45, 2.75) is 68.9 Å². The number of nitrogens with two attached hydrogens (primary N) is 1. The zero-order valence-electron chi connectivity index (χ0n) is 12.7. The number of hydrogen-bond acceptors (Lipinski definition) is 2. The van der Waals surface area contributed by atoms with Crippen LogP contribution in [0.4, 0.5) is 0 Å². The van der Waals surface area contributed by atoms with Gasteiger partial charge in [0.15, 0.2) is 0 Å². The average Bonchev–Trinajstić information content (AvgIpc) is 3.01. The Labute approximate surface area is 127 Å². The normalized spacial score (nSPS) is 30.4. The second-order valence-electron chi connectivity index (χ2n) is 6.76. The van der Waals surface area contributed by atoms with Crippen molar-refractivity contribution in [3.05, 3.63) is 35.9 Å². The van der Waals surface area contributed by atoms with E-state index in [4.69, 9.17) is 5.73 Å². The molecule has 0 unspecified atom stereocenters. The second kappa shape index (κ2) is 6.18. The van der Waals surface area contributed by atoms with E-state index in [-0.39, 0.29) is 5.91 Å². The van der Waals surface area contributed by atoms with Crippen molar-refractivity contribution in [3.8, 4) is 0 Å². The van der Waals surface area contributed by atoms with Crippen LogP contribution in [0.15, 0.2) is 30.3 Å². The molecule has 3 rings (SSSR count). The summed E-state index contributed by atoms with van der Waals surface area (Å²) in [5, 5.41) is 3.63. The van der Waals surface area contributed by atoms with Crippen molar-refractivity contribution < 1.29 is 4.79 Å². The SMILES string of the molecule is NC(=O)C1(NC2CCCC2)CCC(c2ccccc2)CC1. The zero-order valence-corrected chi connectivity index (χ0v) is 12.7. The predicted octanol–water partition coefficient (Wildman–Crippen LogP) is 3.10. The predicted molar refractivity (Wildman–Crippen MR) is 85.0 cm³/mol. The Morgan fingerprint density at radius 3 is 2.24 bits per heavy atom. The van der Waals surface area contributed by atoms with Gasteiger partial charge in [0.25, 0.3) is 0 Å². The number of rotatable bonds is 4. The Morgan fingerprint density at radius 2 is 1.67 bits per heavy atom. The number of carbonyl (C=O) groups excluding carboxylic acids is 1. The molecule has 3 nitrogen and oxygen atoms in total. The molecule has 21 heavy (non-hydrogen) atoms. The lowest BCUT2D eigenvalue weighted by Crippen LogP contribution is -2.59. The molecular formula is C18H26N2O. The lowest BCUT2D eigenvalue weighted by Gasteiger charge is -2.40. The summed E-state index contributed by atoms with van der Waals surface area (Å²) in [5.41, 5.74) is 6.70. The molecule has 114 valence electrons. The summed E-state index contributed by atoms with van der Waals surface area (Å²) < 4.78 is 0. The first-order valence-electron chi connectivity index (χ1n) is 8.32. The van der Waals surface area contributed by atoms with E-state index in [2.05, 4.69) is 35.6 Å². The van der Waals surface area contributed by atoms with Crippen molar-refractivity contribution in [2.24, 2.45) is 5.73 Å². The van der Waals surface area contributed by atoms with E-state index in [1.165, 1.54) is 31.2 Å². The molecule has 2 aliphatic rings. The van der Waals surface area contributed by atoms with Crippen LogP contribution in [0, 0.1) is 0 Å². The highest BCUT2D eigenvalue weighted by atomic mass is 16.1. The Kier molecular flexibility index (Phi) is 4.29. The number of carbonyl (C=O) groups is 1. The highest BCUT2D eigenvalue weighted by molar-refractivity contribution is 5.84. The van der Waals surface area contributed by atoms with Gasteiger partial charge in [-0.1, -0.05) is 43.2 Å². The Hall–Kier alpha value is -1.35. The Bertz CT molecular complexity index is 471. The maximum Gasteiger partial charge on any atom is 0.237 e. The summed E-state index contributed by atoms with van der Waals surface area (Å²) in [7, 11) is 0. The van der Waals surface area contributed by atoms with Crippen LogP contribution in [0.5, 0.6) is 0 Å². The molecular weight excluding hydrogens is 260 g/mol. The molecule has 0 radical (unpaired) electrons. The molecule has 0 aromatic heterocycles. The van der Waals surface area contributed by atoms with Crippen LogP contribution in [-0.2, 0) is 4.79 Å². The molecule has 0 heterocycles. The van der Waals surface area contributed by atoms with Gasteiger partial charge in [0, 0.05) is 6.04 Å². The van der Waals surface area contributed by atoms with Crippen LogP contribution in [0.25, 0.3) is 0 Å². The molecule has 2 aliphatic carbocycles. The molecule has 0 bridgehead atoms. The lowest BCUT2D eigenvalue weighted by atomic mass is 9.73. The minimum Gasteiger partial charge on any atom is -0.368 e. The third-order valence-corrected chi connectivity index (χ3v) is 5.42. The first-order chi connectivity index (χ1) is 10.2. The minimum atomic E-state index is -0.458. The van der Waals surface area contributed by atoms with Crippen LogP contribution < -0.4 is 11.1 Å². The topological polar surface area (TPSA) is 55.1 Å². The zero-order chi connectivity index (χ0) is 14.7. The molecule has 1 aromatic rings. The van der Waals surface area contributed by atoms with Crippen LogP contribution in [0.1, 0.15) is 62.8 Å². The van der Waals surface area contributed by atoms with E-state index in [0.29, 0.717) is 12.0 Å². The maximum absolute atomic E-state index is 12.1. The molecule has 3 N–H and O–H groups in total. The third-order valence-electron chi connectivity index (χ3n) is 5.42. The van der Waals surface area contributed by atoms with Crippen LogP contribution in [0.3, 0.4) is 0 Å². The van der Waals surface area contributed by atoms with Crippen molar-refractivity contribution in [2.75, 3.05) is 0 Å². The van der Waals surface area contributed by atoms with Crippen LogP contribution >= 0.6 is 0 Å². The number of hydrogen-bond donors (Lipinski definition) is 2. The standard InChI is InChI=1S/C18H26N2O/c19-17(21)18(20-16-8-4-5-9-16)12-10-15(11-13-18)14-6-2-1-3-7-14/h1-3,6-7,15-16,20H,4-5,8-13H2,(H2,19,21). The smallest absolute Gasteiger partial charge is 0.237 e. The number of amides is 1. The largest absolute Gasteiger partial charge is 0.368 e. The van der Waals surface area contributed by atoms with Gasteiger partial charge < -0.3 is 11.1 Å². The van der Waals surface area contributed by atoms with Crippen LogP contribution in [-0.4, -0.2) is 17.5 Å². The van der Waals surface area contributed by atoms with Gasteiger partial charge in [-0.15, -0.1) is 0 Å².